The number of rotatable bonds is 4. The summed E-state index contributed by atoms with van der Waals surface area (Å²) in [4.78, 5) is 13.4. The molecule has 82 valence electrons. The molecule has 1 aliphatic heterocycles. The fourth-order valence-corrected chi connectivity index (χ4v) is 1.32. The van der Waals surface area contributed by atoms with Crippen LogP contribution in [0.5, 0.6) is 0 Å². The molecule has 1 aliphatic rings. The van der Waals surface area contributed by atoms with E-state index < -0.39 is 6.04 Å². The van der Waals surface area contributed by atoms with Gasteiger partial charge >= 0.3 is 0 Å². The molecule has 0 aromatic carbocycles. The molecule has 0 aromatic heterocycles. The van der Waals surface area contributed by atoms with Gasteiger partial charge in [0.1, 0.15) is 0 Å². The normalized spacial score (nSPS) is 20.4. The smallest absolute Gasteiger partial charge is 0.236 e. The third-order valence-electron chi connectivity index (χ3n) is 2.24. The fraction of sp³-hybridized carbons (Fsp3) is 0.889. The zero-order chi connectivity index (χ0) is 10.4. The second-order valence-corrected chi connectivity index (χ2v) is 3.53. The molecule has 1 saturated heterocycles. The van der Waals surface area contributed by atoms with E-state index in [2.05, 4.69) is 10.2 Å². The number of ether oxygens (including phenoxy) is 1. The topological polar surface area (TPSA) is 67.6 Å². The Morgan fingerprint density at radius 2 is 2.21 bits per heavy atom. The molecule has 0 aliphatic carbocycles. The molecule has 0 spiro atoms. The lowest BCUT2D eigenvalue weighted by atomic mass is 10.3. The Balaban J connectivity index is 2.05. The molecule has 5 nitrogen and oxygen atoms in total. The van der Waals surface area contributed by atoms with Gasteiger partial charge < -0.3 is 15.8 Å². The van der Waals surface area contributed by atoms with Crippen LogP contribution in [0.25, 0.3) is 0 Å². The fourth-order valence-electron chi connectivity index (χ4n) is 1.32. The number of hydrogen-bond acceptors (Lipinski definition) is 4. The predicted molar refractivity (Wildman–Crippen MR) is 53.9 cm³/mol. The van der Waals surface area contributed by atoms with E-state index in [0.29, 0.717) is 6.54 Å². The molecule has 1 unspecified atom stereocenters. The van der Waals surface area contributed by atoms with Gasteiger partial charge in [0.2, 0.25) is 5.91 Å². The van der Waals surface area contributed by atoms with E-state index in [1.165, 1.54) is 0 Å². The van der Waals surface area contributed by atoms with Crippen molar-refractivity contribution < 1.29 is 9.53 Å². The summed E-state index contributed by atoms with van der Waals surface area (Å²) in [5.41, 5.74) is 5.41. The van der Waals surface area contributed by atoms with Gasteiger partial charge in [0.05, 0.1) is 19.3 Å². The number of nitrogens with two attached hydrogens (primary N) is 1. The Hall–Kier alpha value is -0.650. The van der Waals surface area contributed by atoms with Gasteiger partial charge in [0.25, 0.3) is 0 Å². The van der Waals surface area contributed by atoms with Crippen LogP contribution in [0.4, 0.5) is 0 Å². The number of amides is 1. The van der Waals surface area contributed by atoms with Crippen molar-refractivity contribution in [1.82, 2.24) is 10.2 Å². The van der Waals surface area contributed by atoms with E-state index in [1.807, 2.05) is 0 Å². The summed E-state index contributed by atoms with van der Waals surface area (Å²) < 4.78 is 5.22. The molecule has 1 heterocycles. The minimum Gasteiger partial charge on any atom is -0.379 e. The first-order chi connectivity index (χ1) is 6.70. The molecule has 14 heavy (non-hydrogen) atoms. The molecule has 1 fully saturated rings. The van der Waals surface area contributed by atoms with Gasteiger partial charge in [-0.15, -0.1) is 0 Å². The van der Waals surface area contributed by atoms with Crippen LogP contribution < -0.4 is 11.1 Å². The molecule has 0 radical (unpaired) electrons. The molecule has 0 bridgehead atoms. The first-order valence-corrected chi connectivity index (χ1v) is 5.03. The minimum atomic E-state index is -0.417. The highest BCUT2D eigenvalue weighted by Gasteiger charge is 2.11. The second-order valence-electron chi connectivity index (χ2n) is 3.53. The number of nitrogens with zero attached hydrogens (tertiary/aromatic N) is 1. The molecule has 3 N–H and O–H groups in total. The van der Waals surface area contributed by atoms with Crippen molar-refractivity contribution in [1.29, 1.82) is 0 Å². The minimum absolute atomic E-state index is 0.0849. The van der Waals surface area contributed by atoms with E-state index in [-0.39, 0.29) is 5.91 Å². The average Bonchev–Trinajstić information content (AvgIpc) is 2.19. The number of carbonyl (C=O) groups is 1. The van der Waals surface area contributed by atoms with Crippen molar-refractivity contribution in [3.63, 3.8) is 0 Å². The molecule has 0 saturated carbocycles. The SMILES string of the molecule is CC(N)C(=O)NCCN1CCOCC1. The molecule has 0 aromatic rings. The zero-order valence-corrected chi connectivity index (χ0v) is 8.66. The van der Waals surface area contributed by atoms with Crippen LogP contribution in [0.15, 0.2) is 0 Å². The van der Waals surface area contributed by atoms with E-state index in [4.69, 9.17) is 10.5 Å². The van der Waals surface area contributed by atoms with Crippen LogP contribution in [0.3, 0.4) is 0 Å². The molecule has 5 heteroatoms. The Kier molecular flexibility index (Phi) is 4.86. The summed E-state index contributed by atoms with van der Waals surface area (Å²) in [6.07, 6.45) is 0. The standard InChI is InChI=1S/C9H19N3O2/c1-8(10)9(13)11-2-3-12-4-6-14-7-5-12/h8H,2-7,10H2,1H3,(H,11,13). The Labute approximate surface area is 84.6 Å². The lowest BCUT2D eigenvalue weighted by molar-refractivity contribution is -0.122. The van der Waals surface area contributed by atoms with E-state index in [1.54, 1.807) is 6.92 Å². The molecule has 1 amide bonds. The van der Waals surface area contributed by atoms with E-state index in [9.17, 15) is 4.79 Å². The molecule has 1 atom stereocenters. The highest BCUT2D eigenvalue weighted by Crippen LogP contribution is 1.94. The van der Waals surface area contributed by atoms with Gasteiger partial charge in [-0.3, -0.25) is 9.69 Å². The number of carbonyl (C=O) groups excluding carboxylic acids is 1. The van der Waals surface area contributed by atoms with Crippen LogP contribution in [0.1, 0.15) is 6.92 Å². The zero-order valence-electron chi connectivity index (χ0n) is 8.66. The van der Waals surface area contributed by atoms with Crippen molar-refractivity contribution in [3.8, 4) is 0 Å². The van der Waals surface area contributed by atoms with Gasteiger partial charge in [0.15, 0.2) is 0 Å². The van der Waals surface area contributed by atoms with Gasteiger partial charge in [-0.2, -0.15) is 0 Å². The first kappa shape index (κ1) is 11.4. The summed E-state index contributed by atoms with van der Waals surface area (Å²) in [5, 5.41) is 2.78. The van der Waals surface area contributed by atoms with Crippen LogP contribution in [-0.4, -0.2) is 56.2 Å². The van der Waals surface area contributed by atoms with Gasteiger partial charge in [-0.05, 0) is 6.92 Å². The van der Waals surface area contributed by atoms with E-state index >= 15 is 0 Å². The Bertz CT molecular complexity index is 179. The van der Waals surface area contributed by atoms with Crippen LogP contribution in [0, 0.1) is 0 Å². The van der Waals surface area contributed by atoms with Crippen molar-refractivity contribution in [2.45, 2.75) is 13.0 Å². The maximum absolute atomic E-state index is 11.1. The maximum Gasteiger partial charge on any atom is 0.236 e. The quantitative estimate of drug-likeness (QED) is 0.598. The largest absolute Gasteiger partial charge is 0.379 e. The molecule has 1 rings (SSSR count). The van der Waals surface area contributed by atoms with Crippen molar-refractivity contribution >= 4 is 5.91 Å². The summed E-state index contributed by atoms with van der Waals surface area (Å²) in [5.74, 6) is -0.0849. The first-order valence-electron chi connectivity index (χ1n) is 5.03. The van der Waals surface area contributed by atoms with Gasteiger partial charge in [-0.25, -0.2) is 0 Å². The van der Waals surface area contributed by atoms with Gasteiger partial charge in [-0.1, -0.05) is 0 Å². The second kappa shape index (κ2) is 5.95. The third-order valence-corrected chi connectivity index (χ3v) is 2.24. The van der Waals surface area contributed by atoms with Crippen molar-refractivity contribution in [3.05, 3.63) is 0 Å². The predicted octanol–water partition coefficient (Wildman–Crippen LogP) is -1.22. The van der Waals surface area contributed by atoms with Crippen LogP contribution >= 0.6 is 0 Å². The average molecular weight is 201 g/mol. The monoisotopic (exact) mass is 201 g/mol. The molecular weight excluding hydrogens is 182 g/mol. The Morgan fingerprint density at radius 1 is 1.57 bits per heavy atom. The van der Waals surface area contributed by atoms with Crippen LogP contribution in [-0.2, 0) is 9.53 Å². The van der Waals surface area contributed by atoms with Crippen LogP contribution in [0.2, 0.25) is 0 Å². The lowest BCUT2D eigenvalue weighted by Gasteiger charge is -2.26. The van der Waals surface area contributed by atoms with Crippen molar-refractivity contribution in [2.75, 3.05) is 39.4 Å². The summed E-state index contributed by atoms with van der Waals surface area (Å²) in [7, 11) is 0. The highest BCUT2D eigenvalue weighted by molar-refractivity contribution is 5.80. The summed E-state index contributed by atoms with van der Waals surface area (Å²) >= 11 is 0. The van der Waals surface area contributed by atoms with Crippen molar-refractivity contribution in [2.24, 2.45) is 5.73 Å². The number of nitrogens with one attached hydrogen (secondary N) is 1. The Morgan fingerprint density at radius 3 is 2.79 bits per heavy atom. The van der Waals surface area contributed by atoms with E-state index in [0.717, 1.165) is 32.8 Å². The molecular formula is C9H19N3O2. The number of hydrogen-bond donors (Lipinski definition) is 2. The summed E-state index contributed by atoms with van der Waals surface area (Å²) in [6, 6.07) is -0.417. The third kappa shape index (κ3) is 4.04. The highest BCUT2D eigenvalue weighted by atomic mass is 16.5. The number of morpholine rings is 1. The van der Waals surface area contributed by atoms with Gasteiger partial charge in [0, 0.05) is 26.2 Å². The maximum atomic E-state index is 11.1. The lowest BCUT2D eigenvalue weighted by Crippen LogP contribution is -2.44. The summed E-state index contributed by atoms with van der Waals surface area (Å²) in [6.45, 7) is 6.72.